The summed E-state index contributed by atoms with van der Waals surface area (Å²) in [6.07, 6.45) is 0.818. The smallest absolute Gasteiger partial charge is 0.115 e. The van der Waals surface area contributed by atoms with Crippen LogP contribution in [0, 0.1) is 13.8 Å². The molecular formula is C8H12BrNO. The SMILES string of the molecule is Cc1oc(CCN)c(C)c1Br. The monoisotopic (exact) mass is 217 g/mol. The van der Waals surface area contributed by atoms with E-state index in [1.165, 1.54) is 5.56 Å². The van der Waals surface area contributed by atoms with Crippen molar-refractivity contribution in [3.05, 3.63) is 21.6 Å². The van der Waals surface area contributed by atoms with Gasteiger partial charge in [0.1, 0.15) is 11.5 Å². The first-order valence-electron chi connectivity index (χ1n) is 3.61. The summed E-state index contributed by atoms with van der Waals surface area (Å²) in [5.74, 6) is 1.93. The van der Waals surface area contributed by atoms with Crippen LogP contribution in [-0.4, -0.2) is 6.54 Å². The third kappa shape index (κ3) is 1.65. The topological polar surface area (TPSA) is 39.2 Å². The van der Waals surface area contributed by atoms with Gasteiger partial charge in [-0.15, -0.1) is 0 Å². The van der Waals surface area contributed by atoms with E-state index >= 15 is 0 Å². The number of aryl methyl sites for hydroxylation is 1. The van der Waals surface area contributed by atoms with Gasteiger partial charge in [0.05, 0.1) is 4.47 Å². The van der Waals surface area contributed by atoms with Gasteiger partial charge >= 0.3 is 0 Å². The molecule has 2 N–H and O–H groups in total. The Labute approximate surface area is 74.9 Å². The summed E-state index contributed by atoms with van der Waals surface area (Å²) in [7, 11) is 0. The van der Waals surface area contributed by atoms with Gasteiger partial charge in [-0.05, 0) is 36.3 Å². The van der Waals surface area contributed by atoms with E-state index in [4.69, 9.17) is 10.2 Å². The molecule has 0 bridgehead atoms. The molecule has 0 spiro atoms. The maximum atomic E-state index is 5.46. The third-order valence-corrected chi connectivity index (χ3v) is 2.86. The highest BCUT2D eigenvalue weighted by Gasteiger charge is 2.09. The second-order valence-corrected chi connectivity index (χ2v) is 3.35. The molecule has 0 fully saturated rings. The van der Waals surface area contributed by atoms with Crippen LogP contribution >= 0.6 is 15.9 Å². The van der Waals surface area contributed by atoms with Crippen LogP contribution in [0.1, 0.15) is 17.1 Å². The fourth-order valence-corrected chi connectivity index (χ4v) is 1.36. The van der Waals surface area contributed by atoms with Crippen LogP contribution in [0.5, 0.6) is 0 Å². The number of furan rings is 1. The molecule has 1 rings (SSSR count). The van der Waals surface area contributed by atoms with Crippen LogP contribution in [0.2, 0.25) is 0 Å². The van der Waals surface area contributed by atoms with Crippen molar-refractivity contribution in [2.24, 2.45) is 5.73 Å². The molecule has 0 saturated carbocycles. The molecule has 0 unspecified atom stereocenters. The maximum absolute atomic E-state index is 5.46. The number of rotatable bonds is 2. The van der Waals surface area contributed by atoms with Crippen molar-refractivity contribution in [2.45, 2.75) is 20.3 Å². The third-order valence-electron chi connectivity index (χ3n) is 1.70. The van der Waals surface area contributed by atoms with Crippen molar-refractivity contribution in [1.82, 2.24) is 0 Å². The lowest BCUT2D eigenvalue weighted by Crippen LogP contribution is -2.02. The molecule has 0 aliphatic rings. The molecule has 11 heavy (non-hydrogen) atoms. The Morgan fingerprint density at radius 2 is 2.09 bits per heavy atom. The zero-order chi connectivity index (χ0) is 8.43. The molecule has 2 nitrogen and oxygen atoms in total. The van der Waals surface area contributed by atoms with E-state index in [1.54, 1.807) is 0 Å². The lowest BCUT2D eigenvalue weighted by molar-refractivity contribution is 0.481. The zero-order valence-electron chi connectivity index (χ0n) is 6.78. The van der Waals surface area contributed by atoms with Crippen LogP contribution < -0.4 is 5.73 Å². The summed E-state index contributed by atoms with van der Waals surface area (Å²) in [5, 5.41) is 0. The Morgan fingerprint density at radius 3 is 2.45 bits per heavy atom. The molecule has 0 atom stereocenters. The standard InChI is InChI=1S/C8H12BrNO/c1-5-7(3-4-10)11-6(2)8(5)9/h3-4,10H2,1-2H3. The Kier molecular flexibility index (Phi) is 2.73. The van der Waals surface area contributed by atoms with E-state index in [2.05, 4.69) is 15.9 Å². The van der Waals surface area contributed by atoms with Crippen LogP contribution in [0.3, 0.4) is 0 Å². The number of hydrogen-bond acceptors (Lipinski definition) is 2. The van der Waals surface area contributed by atoms with Gasteiger partial charge in [-0.2, -0.15) is 0 Å². The predicted molar refractivity (Wildman–Crippen MR) is 48.6 cm³/mol. The second kappa shape index (κ2) is 3.41. The summed E-state index contributed by atoms with van der Waals surface area (Å²) in [4.78, 5) is 0. The maximum Gasteiger partial charge on any atom is 0.115 e. The van der Waals surface area contributed by atoms with Gasteiger partial charge in [0.15, 0.2) is 0 Å². The van der Waals surface area contributed by atoms with Crippen LogP contribution in [0.4, 0.5) is 0 Å². The van der Waals surface area contributed by atoms with E-state index in [1.807, 2.05) is 13.8 Å². The van der Waals surface area contributed by atoms with E-state index in [0.717, 1.165) is 22.4 Å². The van der Waals surface area contributed by atoms with Gasteiger partial charge < -0.3 is 10.2 Å². The van der Waals surface area contributed by atoms with Crippen LogP contribution in [-0.2, 0) is 6.42 Å². The van der Waals surface area contributed by atoms with E-state index in [9.17, 15) is 0 Å². The highest BCUT2D eigenvalue weighted by atomic mass is 79.9. The minimum atomic E-state index is 0.639. The van der Waals surface area contributed by atoms with E-state index < -0.39 is 0 Å². The highest BCUT2D eigenvalue weighted by molar-refractivity contribution is 9.10. The largest absolute Gasteiger partial charge is 0.465 e. The molecule has 1 heterocycles. The number of halogens is 1. The Hall–Kier alpha value is -0.280. The van der Waals surface area contributed by atoms with Crippen LogP contribution in [0.25, 0.3) is 0 Å². The fourth-order valence-electron chi connectivity index (χ4n) is 1.06. The van der Waals surface area contributed by atoms with Gasteiger partial charge in [-0.25, -0.2) is 0 Å². The molecular weight excluding hydrogens is 206 g/mol. The number of hydrogen-bond donors (Lipinski definition) is 1. The van der Waals surface area contributed by atoms with Crippen molar-refractivity contribution in [3.63, 3.8) is 0 Å². The van der Waals surface area contributed by atoms with Crippen molar-refractivity contribution >= 4 is 15.9 Å². The average molecular weight is 218 g/mol. The molecule has 0 aromatic carbocycles. The Morgan fingerprint density at radius 1 is 1.45 bits per heavy atom. The highest BCUT2D eigenvalue weighted by Crippen LogP contribution is 2.26. The van der Waals surface area contributed by atoms with Gasteiger partial charge in [0, 0.05) is 12.0 Å². The Balaban J connectivity index is 2.98. The average Bonchev–Trinajstić information content (AvgIpc) is 2.19. The summed E-state index contributed by atoms with van der Waals surface area (Å²) in [5.41, 5.74) is 6.59. The summed E-state index contributed by atoms with van der Waals surface area (Å²) in [6, 6.07) is 0. The molecule has 0 saturated heterocycles. The fraction of sp³-hybridized carbons (Fsp3) is 0.500. The molecule has 1 aromatic heterocycles. The minimum absolute atomic E-state index is 0.639. The minimum Gasteiger partial charge on any atom is -0.465 e. The first kappa shape index (κ1) is 8.81. The van der Waals surface area contributed by atoms with Crippen molar-refractivity contribution in [3.8, 4) is 0 Å². The first-order chi connectivity index (χ1) is 5.16. The lowest BCUT2D eigenvalue weighted by atomic mass is 10.2. The Bertz CT molecular complexity index is 255. The van der Waals surface area contributed by atoms with Gasteiger partial charge in [-0.1, -0.05) is 0 Å². The van der Waals surface area contributed by atoms with Crippen molar-refractivity contribution in [1.29, 1.82) is 0 Å². The zero-order valence-corrected chi connectivity index (χ0v) is 8.36. The molecule has 0 amide bonds. The van der Waals surface area contributed by atoms with Crippen molar-refractivity contribution in [2.75, 3.05) is 6.54 Å². The molecule has 0 aliphatic carbocycles. The molecule has 1 aromatic rings. The lowest BCUT2D eigenvalue weighted by Gasteiger charge is -1.92. The van der Waals surface area contributed by atoms with Crippen molar-refractivity contribution < 1.29 is 4.42 Å². The summed E-state index contributed by atoms with van der Waals surface area (Å²) in [6.45, 7) is 4.61. The summed E-state index contributed by atoms with van der Waals surface area (Å²) < 4.78 is 6.53. The normalized spacial score (nSPS) is 10.5. The molecule has 3 heteroatoms. The molecule has 0 radical (unpaired) electrons. The van der Waals surface area contributed by atoms with E-state index in [0.29, 0.717) is 6.54 Å². The van der Waals surface area contributed by atoms with Gasteiger partial charge in [-0.3, -0.25) is 0 Å². The number of nitrogens with two attached hydrogens (primary N) is 1. The first-order valence-corrected chi connectivity index (χ1v) is 4.40. The second-order valence-electron chi connectivity index (χ2n) is 2.56. The quantitative estimate of drug-likeness (QED) is 0.825. The summed E-state index contributed by atoms with van der Waals surface area (Å²) >= 11 is 3.44. The molecule has 0 aliphatic heterocycles. The van der Waals surface area contributed by atoms with Crippen LogP contribution in [0.15, 0.2) is 8.89 Å². The predicted octanol–water partition coefficient (Wildman–Crippen LogP) is 2.16. The van der Waals surface area contributed by atoms with Gasteiger partial charge in [0.25, 0.3) is 0 Å². The molecule has 62 valence electrons. The van der Waals surface area contributed by atoms with Gasteiger partial charge in [0.2, 0.25) is 0 Å². The van der Waals surface area contributed by atoms with E-state index in [-0.39, 0.29) is 0 Å².